The van der Waals surface area contributed by atoms with Crippen molar-refractivity contribution in [1.29, 1.82) is 0 Å². The summed E-state index contributed by atoms with van der Waals surface area (Å²) in [4.78, 5) is 0. The van der Waals surface area contributed by atoms with Gasteiger partial charge < -0.3 is 10.5 Å². The number of halogens is 1. The van der Waals surface area contributed by atoms with Crippen LogP contribution in [0.15, 0.2) is 18.2 Å². The Morgan fingerprint density at radius 3 is 2.95 bits per heavy atom. The lowest BCUT2D eigenvalue weighted by atomic mass is 10.1. The first-order valence-electron chi connectivity index (χ1n) is 5.99. The van der Waals surface area contributed by atoms with Gasteiger partial charge in [0.15, 0.2) is 5.82 Å². The summed E-state index contributed by atoms with van der Waals surface area (Å²) in [7, 11) is 1.61. The number of aromatic nitrogens is 4. The number of ether oxygens (including phenoxy) is 1. The molecule has 1 heterocycles. The van der Waals surface area contributed by atoms with Crippen LogP contribution in [0.5, 0.6) is 0 Å². The molecular formula is C12H16FN5O. The van der Waals surface area contributed by atoms with Crippen LogP contribution in [0.3, 0.4) is 0 Å². The van der Waals surface area contributed by atoms with E-state index in [1.54, 1.807) is 11.8 Å². The summed E-state index contributed by atoms with van der Waals surface area (Å²) in [6.45, 7) is 2.48. The minimum Gasteiger partial charge on any atom is -0.398 e. The van der Waals surface area contributed by atoms with Crippen molar-refractivity contribution in [2.75, 3.05) is 19.5 Å². The van der Waals surface area contributed by atoms with Crippen LogP contribution in [0.25, 0.3) is 11.4 Å². The van der Waals surface area contributed by atoms with Crippen molar-refractivity contribution in [1.82, 2.24) is 20.2 Å². The molecule has 0 bridgehead atoms. The molecule has 1 atom stereocenters. The molecule has 0 fully saturated rings. The summed E-state index contributed by atoms with van der Waals surface area (Å²) in [5, 5.41) is 11.5. The third kappa shape index (κ3) is 2.70. The van der Waals surface area contributed by atoms with Crippen LogP contribution in [0.1, 0.15) is 19.4 Å². The van der Waals surface area contributed by atoms with Gasteiger partial charge in [0.1, 0.15) is 5.82 Å². The van der Waals surface area contributed by atoms with Crippen molar-refractivity contribution in [2.45, 2.75) is 19.4 Å². The average molecular weight is 265 g/mol. The summed E-state index contributed by atoms with van der Waals surface area (Å²) in [6.07, 6.45) is 0.793. The average Bonchev–Trinajstić information content (AvgIpc) is 2.87. The number of nitrogen functional groups attached to an aromatic ring is 1. The highest BCUT2D eigenvalue weighted by atomic mass is 19.1. The number of hydrogen-bond donors (Lipinski definition) is 1. The van der Waals surface area contributed by atoms with Crippen molar-refractivity contribution in [3.8, 4) is 11.4 Å². The van der Waals surface area contributed by atoms with Gasteiger partial charge in [0, 0.05) is 18.4 Å². The molecule has 0 aliphatic heterocycles. The Kier molecular flexibility index (Phi) is 4.06. The van der Waals surface area contributed by atoms with Crippen LogP contribution in [0.2, 0.25) is 0 Å². The van der Waals surface area contributed by atoms with Gasteiger partial charge in [-0.15, -0.1) is 5.10 Å². The fourth-order valence-corrected chi connectivity index (χ4v) is 1.89. The molecule has 0 aliphatic carbocycles. The van der Waals surface area contributed by atoms with E-state index in [1.807, 2.05) is 6.92 Å². The summed E-state index contributed by atoms with van der Waals surface area (Å²) < 4.78 is 20.1. The first kappa shape index (κ1) is 13.4. The van der Waals surface area contributed by atoms with Crippen LogP contribution in [-0.2, 0) is 4.74 Å². The SMILES string of the molecule is CCC(COC)n1nnnc1-c1cc(F)ccc1N. The number of hydrogen-bond acceptors (Lipinski definition) is 5. The second kappa shape index (κ2) is 5.75. The molecule has 102 valence electrons. The number of anilines is 1. The van der Waals surface area contributed by atoms with Gasteiger partial charge in [-0.2, -0.15) is 0 Å². The lowest BCUT2D eigenvalue weighted by Gasteiger charge is -2.16. The highest BCUT2D eigenvalue weighted by Gasteiger charge is 2.19. The highest BCUT2D eigenvalue weighted by molar-refractivity contribution is 5.71. The zero-order valence-corrected chi connectivity index (χ0v) is 10.9. The largest absolute Gasteiger partial charge is 0.398 e. The summed E-state index contributed by atoms with van der Waals surface area (Å²) in [6, 6.07) is 4.12. The first-order chi connectivity index (χ1) is 9.17. The van der Waals surface area contributed by atoms with Crippen LogP contribution < -0.4 is 5.73 Å². The minimum atomic E-state index is -0.376. The van der Waals surface area contributed by atoms with Crippen molar-refractivity contribution >= 4 is 5.69 Å². The Bertz CT molecular complexity index is 557. The fourth-order valence-electron chi connectivity index (χ4n) is 1.89. The molecule has 2 N–H and O–H groups in total. The van der Waals surface area contributed by atoms with Gasteiger partial charge in [0.25, 0.3) is 0 Å². The van der Waals surface area contributed by atoms with E-state index in [9.17, 15) is 4.39 Å². The summed E-state index contributed by atoms with van der Waals surface area (Å²) in [5.74, 6) is 0.0689. The highest BCUT2D eigenvalue weighted by Crippen LogP contribution is 2.26. The fraction of sp³-hybridized carbons (Fsp3) is 0.417. The van der Waals surface area contributed by atoms with Gasteiger partial charge in [-0.05, 0) is 35.0 Å². The van der Waals surface area contributed by atoms with Crippen LogP contribution in [0.4, 0.5) is 10.1 Å². The normalized spacial score (nSPS) is 12.6. The maximum Gasteiger partial charge on any atom is 0.184 e. The monoisotopic (exact) mass is 265 g/mol. The molecular weight excluding hydrogens is 249 g/mol. The van der Waals surface area contributed by atoms with E-state index in [0.717, 1.165) is 6.42 Å². The summed E-state index contributed by atoms with van der Waals surface area (Å²) >= 11 is 0. The number of nitrogens with zero attached hydrogens (tertiary/aromatic N) is 4. The molecule has 19 heavy (non-hydrogen) atoms. The molecule has 0 saturated carbocycles. The van der Waals surface area contributed by atoms with E-state index in [1.165, 1.54) is 18.2 Å². The van der Waals surface area contributed by atoms with Gasteiger partial charge in [0.2, 0.25) is 0 Å². The molecule has 0 amide bonds. The Labute approximate surface area is 110 Å². The molecule has 1 aromatic heterocycles. The zero-order valence-electron chi connectivity index (χ0n) is 10.9. The third-order valence-corrected chi connectivity index (χ3v) is 2.93. The molecule has 0 saturated heterocycles. The van der Waals surface area contributed by atoms with Crippen LogP contribution in [-0.4, -0.2) is 33.9 Å². The molecule has 1 unspecified atom stereocenters. The van der Waals surface area contributed by atoms with E-state index < -0.39 is 0 Å². The summed E-state index contributed by atoms with van der Waals surface area (Å²) in [5.41, 5.74) is 6.78. The van der Waals surface area contributed by atoms with Gasteiger partial charge in [0.05, 0.1) is 12.6 Å². The van der Waals surface area contributed by atoms with Gasteiger partial charge >= 0.3 is 0 Å². The second-order valence-corrected chi connectivity index (χ2v) is 4.20. The second-order valence-electron chi connectivity index (χ2n) is 4.20. The van der Waals surface area contributed by atoms with E-state index in [-0.39, 0.29) is 11.9 Å². The predicted molar refractivity (Wildman–Crippen MR) is 68.8 cm³/mol. The first-order valence-corrected chi connectivity index (χ1v) is 5.99. The minimum absolute atomic E-state index is 0.0160. The molecule has 2 rings (SSSR count). The number of rotatable bonds is 5. The van der Waals surface area contributed by atoms with Crippen LogP contribution in [0, 0.1) is 5.82 Å². The standard InChI is InChI=1S/C12H16FN5O/c1-3-9(7-19-2)18-12(15-16-17-18)10-6-8(13)4-5-11(10)14/h4-6,9H,3,7,14H2,1-2H3. The van der Waals surface area contributed by atoms with E-state index in [0.29, 0.717) is 23.7 Å². The quantitative estimate of drug-likeness (QED) is 0.832. The van der Waals surface area contributed by atoms with Crippen LogP contribution >= 0.6 is 0 Å². The molecule has 7 heteroatoms. The Hall–Kier alpha value is -2.02. The maximum absolute atomic E-state index is 13.3. The molecule has 0 aliphatic rings. The number of methoxy groups -OCH3 is 1. The van der Waals surface area contributed by atoms with E-state index >= 15 is 0 Å². The predicted octanol–water partition coefficient (Wildman–Crippen LogP) is 1.66. The van der Waals surface area contributed by atoms with E-state index in [2.05, 4.69) is 15.5 Å². The third-order valence-electron chi connectivity index (χ3n) is 2.93. The Morgan fingerprint density at radius 1 is 1.47 bits per heavy atom. The lowest BCUT2D eigenvalue weighted by Crippen LogP contribution is -2.17. The van der Waals surface area contributed by atoms with Gasteiger partial charge in [-0.1, -0.05) is 6.92 Å². The maximum atomic E-state index is 13.3. The number of benzene rings is 1. The topological polar surface area (TPSA) is 78.8 Å². The lowest BCUT2D eigenvalue weighted by molar-refractivity contribution is 0.147. The zero-order chi connectivity index (χ0) is 13.8. The molecule has 6 nitrogen and oxygen atoms in total. The Morgan fingerprint density at radius 2 is 2.26 bits per heavy atom. The number of nitrogens with two attached hydrogens (primary N) is 1. The smallest absolute Gasteiger partial charge is 0.184 e. The van der Waals surface area contributed by atoms with Crippen molar-refractivity contribution < 1.29 is 9.13 Å². The molecule has 0 spiro atoms. The van der Waals surface area contributed by atoms with Crippen molar-refractivity contribution in [2.24, 2.45) is 0 Å². The van der Waals surface area contributed by atoms with Gasteiger partial charge in [-0.3, -0.25) is 0 Å². The van der Waals surface area contributed by atoms with E-state index in [4.69, 9.17) is 10.5 Å². The molecule has 2 aromatic rings. The van der Waals surface area contributed by atoms with Crippen molar-refractivity contribution in [3.05, 3.63) is 24.0 Å². The molecule has 1 aromatic carbocycles. The molecule has 0 radical (unpaired) electrons. The number of tetrazole rings is 1. The van der Waals surface area contributed by atoms with Gasteiger partial charge in [-0.25, -0.2) is 9.07 Å². The van der Waals surface area contributed by atoms with Crippen molar-refractivity contribution in [3.63, 3.8) is 0 Å². The Balaban J connectivity index is 2.46.